The molecule has 0 aliphatic heterocycles. The summed E-state index contributed by atoms with van der Waals surface area (Å²) in [6.45, 7) is 2.53. The molecule has 0 spiro atoms. The first-order chi connectivity index (χ1) is 7.11. The molecule has 0 fully saturated rings. The minimum absolute atomic E-state index is 0.0173. The summed E-state index contributed by atoms with van der Waals surface area (Å²) in [6.07, 6.45) is 6.79. The molecule has 2 amide bonds. The number of carbonyl (C=O) groups is 2. The second kappa shape index (κ2) is 7.68. The third kappa shape index (κ3) is 6.38. The number of urea groups is 1. The highest BCUT2D eigenvalue weighted by Gasteiger charge is 2.17. The molecule has 0 aromatic carbocycles. The van der Waals surface area contributed by atoms with Gasteiger partial charge in [-0.2, -0.15) is 0 Å². The molecule has 3 N–H and O–H groups in total. The molecule has 0 aliphatic rings. The van der Waals surface area contributed by atoms with Gasteiger partial charge in [0.1, 0.15) is 6.04 Å². The van der Waals surface area contributed by atoms with Crippen molar-refractivity contribution in [1.82, 2.24) is 10.6 Å². The summed E-state index contributed by atoms with van der Waals surface area (Å²) < 4.78 is 0. The van der Waals surface area contributed by atoms with Gasteiger partial charge in [0.15, 0.2) is 0 Å². The molecule has 15 heavy (non-hydrogen) atoms. The molecule has 5 heteroatoms. The molecule has 0 rings (SSSR count). The summed E-state index contributed by atoms with van der Waals surface area (Å²) >= 11 is 0. The van der Waals surface area contributed by atoms with Gasteiger partial charge in [-0.1, -0.05) is 13.3 Å². The van der Waals surface area contributed by atoms with Gasteiger partial charge in [-0.25, -0.2) is 9.59 Å². The Morgan fingerprint density at radius 1 is 1.53 bits per heavy atom. The van der Waals surface area contributed by atoms with Gasteiger partial charge in [0, 0.05) is 13.0 Å². The van der Waals surface area contributed by atoms with Crippen molar-refractivity contribution in [3.05, 3.63) is 0 Å². The number of carboxylic acid groups (broad SMARTS) is 1. The van der Waals surface area contributed by atoms with Crippen LogP contribution in [0, 0.1) is 12.3 Å². The lowest BCUT2D eigenvalue weighted by atomic mass is 10.2. The molecule has 0 saturated carbocycles. The summed E-state index contributed by atoms with van der Waals surface area (Å²) in [5.74, 6) is 1.07. The summed E-state index contributed by atoms with van der Waals surface area (Å²) in [6, 6.07) is -1.51. The van der Waals surface area contributed by atoms with Crippen LogP contribution in [0.3, 0.4) is 0 Å². The molecule has 0 aliphatic carbocycles. The minimum Gasteiger partial charge on any atom is -0.480 e. The second-order valence-electron chi connectivity index (χ2n) is 3.05. The van der Waals surface area contributed by atoms with Crippen LogP contribution in [0.4, 0.5) is 4.79 Å². The van der Waals surface area contributed by atoms with Gasteiger partial charge in [0.05, 0.1) is 0 Å². The second-order valence-corrected chi connectivity index (χ2v) is 3.05. The van der Waals surface area contributed by atoms with E-state index in [1.54, 1.807) is 0 Å². The SMILES string of the molecule is C#CCC(NC(=O)NCCCC)C(=O)O. The maximum Gasteiger partial charge on any atom is 0.327 e. The smallest absolute Gasteiger partial charge is 0.327 e. The van der Waals surface area contributed by atoms with Crippen molar-refractivity contribution in [2.45, 2.75) is 32.2 Å². The zero-order valence-corrected chi connectivity index (χ0v) is 8.75. The molecule has 0 heterocycles. The number of unbranched alkanes of at least 4 members (excludes halogenated alkanes) is 1. The summed E-state index contributed by atoms with van der Waals surface area (Å²) in [5.41, 5.74) is 0. The maximum atomic E-state index is 11.2. The molecular weight excluding hydrogens is 196 g/mol. The van der Waals surface area contributed by atoms with E-state index < -0.39 is 18.0 Å². The van der Waals surface area contributed by atoms with Crippen molar-refractivity contribution in [2.75, 3.05) is 6.54 Å². The van der Waals surface area contributed by atoms with Crippen LogP contribution in [0.25, 0.3) is 0 Å². The van der Waals surface area contributed by atoms with Crippen LogP contribution in [-0.4, -0.2) is 29.7 Å². The Labute approximate surface area is 89.2 Å². The van der Waals surface area contributed by atoms with E-state index in [9.17, 15) is 9.59 Å². The molecule has 0 aromatic rings. The fourth-order valence-electron chi connectivity index (χ4n) is 0.906. The number of nitrogens with one attached hydrogen (secondary N) is 2. The fourth-order valence-corrected chi connectivity index (χ4v) is 0.906. The van der Waals surface area contributed by atoms with Gasteiger partial charge < -0.3 is 15.7 Å². The molecule has 0 bridgehead atoms. The molecule has 0 radical (unpaired) electrons. The molecule has 1 unspecified atom stereocenters. The van der Waals surface area contributed by atoms with Crippen molar-refractivity contribution in [3.63, 3.8) is 0 Å². The molecule has 1 atom stereocenters. The van der Waals surface area contributed by atoms with Crippen molar-refractivity contribution in [3.8, 4) is 12.3 Å². The highest BCUT2D eigenvalue weighted by molar-refractivity contribution is 5.82. The Hall–Kier alpha value is -1.70. The monoisotopic (exact) mass is 212 g/mol. The van der Waals surface area contributed by atoms with Crippen molar-refractivity contribution in [1.29, 1.82) is 0 Å². The van der Waals surface area contributed by atoms with Gasteiger partial charge in [0.25, 0.3) is 0 Å². The van der Waals surface area contributed by atoms with E-state index in [-0.39, 0.29) is 6.42 Å². The first-order valence-corrected chi connectivity index (χ1v) is 4.82. The topological polar surface area (TPSA) is 78.4 Å². The van der Waals surface area contributed by atoms with Gasteiger partial charge >= 0.3 is 12.0 Å². The predicted octanol–water partition coefficient (Wildman–Crippen LogP) is 0.562. The van der Waals surface area contributed by atoms with Crippen molar-refractivity contribution in [2.24, 2.45) is 0 Å². The molecular formula is C10H16N2O3. The van der Waals surface area contributed by atoms with Crippen LogP contribution in [0.5, 0.6) is 0 Å². The van der Waals surface area contributed by atoms with E-state index in [0.29, 0.717) is 6.54 Å². The van der Waals surface area contributed by atoms with E-state index in [2.05, 4.69) is 16.6 Å². The average Bonchev–Trinajstić information content (AvgIpc) is 2.17. The number of hydrogen-bond acceptors (Lipinski definition) is 2. The zero-order chi connectivity index (χ0) is 11.7. The van der Waals surface area contributed by atoms with Crippen molar-refractivity contribution < 1.29 is 14.7 Å². The molecule has 0 aromatic heterocycles. The lowest BCUT2D eigenvalue weighted by molar-refractivity contribution is -0.139. The maximum absolute atomic E-state index is 11.2. The van der Waals surface area contributed by atoms with E-state index in [0.717, 1.165) is 12.8 Å². The van der Waals surface area contributed by atoms with Crippen LogP contribution in [-0.2, 0) is 4.79 Å². The normalized spacial score (nSPS) is 11.2. The minimum atomic E-state index is -1.13. The summed E-state index contributed by atoms with van der Waals surface area (Å²) in [7, 11) is 0. The van der Waals surface area contributed by atoms with Gasteiger partial charge in [-0.15, -0.1) is 12.3 Å². The largest absolute Gasteiger partial charge is 0.480 e. The lowest BCUT2D eigenvalue weighted by Gasteiger charge is -2.12. The van der Waals surface area contributed by atoms with Crippen LogP contribution in [0.1, 0.15) is 26.2 Å². The fraction of sp³-hybridized carbons (Fsp3) is 0.600. The van der Waals surface area contributed by atoms with Crippen LogP contribution in [0.2, 0.25) is 0 Å². The number of terminal acetylenes is 1. The lowest BCUT2D eigenvalue weighted by Crippen LogP contribution is -2.46. The van der Waals surface area contributed by atoms with E-state index in [4.69, 9.17) is 11.5 Å². The third-order valence-electron chi connectivity index (χ3n) is 1.74. The quantitative estimate of drug-likeness (QED) is 0.444. The molecule has 84 valence electrons. The molecule has 0 saturated heterocycles. The number of amides is 2. The van der Waals surface area contributed by atoms with Crippen LogP contribution < -0.4 is 10.6 Å². The number of carboxylic acids is 1. The Balaban J connectivity index is 3.90. The van der Waals surface area contributed by atoms with Crippen LogP contribution in [0.15, 0.2) is 0 Å². The predicted molar refractivity (Wildman–Crippen MR) is 56.3 cm³/mol. The van der Waals surface area contributed by atoms with Gasteiger partial charge in [-0.05, 0) is 6.42 Å². The highest BCUT2D eigenvalue weighted by Crippen LogP contribution is 1.90. The number of aliphatic carboxylic acids is 1. The highest BCUT2D eigenvalue weighted by atomic mass is 16.4. The average molecular weight is 212 g/mol. The summed E-state index contributed by atoms with van der Waals surface area (Å²) in [5, 5.41) is 13.5. The van der Waals surface area contributed by atoms with E-state index >= 15 is 0 Å². The van der Waals surface area contributed by atoms with Crippen molar-refractivity contribution >= 4 is 12.0 Å². The standard InChI is InChI=1S/C10H16N2O3/c1-3-5-7-11-10(15)12-8(6-4-2)9(13)14/h2,8H,3,5-7H2,1H3,(H,13,14)(H2,11,12,15). The van der Waals surface area contributed by atoms with E-state index in [1.807, 2.05) is 6.92 Å². The zero-order valence-electron chi connectivity index (χ0n) is 8.75. The van der Waals surface area contributed by atoms with Crippen LogP contribution >= 0.6 is 0 Å². The Morgan fingerprint density at radius 2 is 2.20 bits per heavy atom. The summed E-state index contributed by atoms with van der Waals surface area (Å²) in [4.78, 5) is 21.8. The molecule has 5 nitrogen and oxygen atoms in total. The first kappa shape index (κ1) is 13.3. The van der Waals surface area contributed by atoms with Gasteiger partial charge in [-0.3, -0.25) is 0 Å². The Morgan fingerprint density at radius 3 is 2.67 bits per heavy atom. The number of hydrogen-bond donors (Lipinski definition) is 3. The van der Waals surface area contributed by atoms with E-state index in [1.165, 1.54) is 0 Å². The number of rotatable bonds is 6. The number of carbonyl (C=O) groups excluding carboxylic acids is 1. The Bertz CT molecular complexity index is 258. The van der Waals surface area contributed by atoms with Gasteiger partial charge in [0.2, 0.25) is 0 Å². The Kier molecular flexibility index (Phi) is 6.81. The first-order valence-electron chi connectivity index (χ1n) is 4.82. The third-order valence-corrected chi connectivity index (χ3v) is 1.74.